The highest BCUT2D eigenvalue weighted by molar-refractivity contribution is 5.85. The predicted molar refractivity (Wildman–Crippen MR) is 53.5 cm³/mol. The molecule has 0 aromatic carbocycles. The Kier molecular flexibility index (Phi) is 9.75. The van der Waals surface area contributed by atoms with E-state index in [1.165, 1.54) is 18.4 Å². The van der Waals surface area contributed by atoms with Crippen molar-refractivity contribution < 1.29 is 17.0 Å². The van der Waals surface area contributed by atoms with Gasteiger partial charge in [0.1, 0.15) is 6.54 Å². The molecule has 0 unspecified atom stereocenters. The lowest BCUT2D eigenvalue weighted by Crippen LogP contribution is -3.00. The summed E-state index contributed by atoms with van der Waals surface area (Å²) < 4.78 is 2.23. The molecule has 0 spiro atoms. The lowest BCUT2D eigenvalue weighted by molar-refractivity contribution is -0.697. The normalized spacial score (nSPS) is 8.46. The van der Waals surface area contributed by atoms with E-state index in [0.29, 0.717) is 0 Å². The number of pyridine rings is 1. The Morgan fingerprint density at radius 3 is 2.23 bits per heavy atom. The van der Waals surface area contributed by atoms with Crippen LogP contribution in [0.2, 0.25) is 0 Å². The number of aromatic nitrogens is 1. The first-order chi connectivity index (χ1) is 5.33. The van der Waals surface area contributed by atoms with Crippen molar-refractivity contribution in [3.63, 3.8) is 0 Å². The van der Waals surface area contributed by atoms with Gasteiger partial charge in [-0.3, -0.25) is 0 Å². The van der Waals surface area contributed by atoms with E-state index in [2.05, 4.69) is 42.9 Å². The van der Waals surface area contributed by atoms with Gasteiger partial charge >= 0.3 is 0 Å². The van der Waals surface area contributed by atoms with E-state index in [1.807, 2.05) is 0 Å². The summed E-state index contributed by atoms with van der Waals surface area (Å²) in [5.74, 6) is 0. The molecule has 0 bridgehead atoms. The molecule has 0 fully saturated rings. The first kappa shape index (κ1) is 15.2. The second kappa shape index (κ2) is 8.33. The summed E-state index contributed by atoms with van der Waals surface area (Å²) in [6, 6.07) is 4.30. The second-order valence-electron chi connectivity index (χ2n) is 2.97. The summed E-state index contributed by atoms with van der Waals surface area (Å²) in [4.78, 5) is 0. The Labute approximate surface area is 93.0 Å². The molecule has 0 aliphatic rings. The summed E-state index contributed by atoms with van der Waals surface area (Å²) in [5.41, 5.74) is 1.33. The van der Waals surface area contributed by atoms with Crippen LogP contribution in [0.1, 0.15) is 25.3 Å². The van der Waals surface area contributed by atoms with Crippen LogP contribution in [0.25, 0.3) is 0 Å². The predicted octanol–water partition coefficient (Wildman–Crippen LogP) is -0.492. The number of rotatable bonds is 3. The molecule has 0 amide bonds. The highest BCUT2D eigenvalue weighted by Crippen LogP contribution is 1.91. The van der Waals surface area contributed by atoms with Gasteiger partial charge in [-0.05, 0) is 12.5 Å². The molecule has 0 radical (unpaired) electrons. The molecule has 0 aliphatic heterocycles. The second-order valence-corrected chi connectivity index (χ2v) is 2.97. The molecule has 0 saturated heterocycles. The lowest BCUT2D eigenvalue weighted by Gasteiger charge is -1.94. The molecule has 1 rings (SSSR count). The van der Waals surface area contributed by atoms with Crippen molar-refractivity contribution in [2.24, 2.45) is 0 Å². The van der Waals surface area contributed by atoms with Gasteiger partial charge in [0.2, 0.25) is 0 Å². The zero-order chi connectivity index (χ0) is 8.10. The van der Waals surface area contributed by atoms with Gasteiger partial charge in [0.25, 0.3) is 0 Å². The first-order valence-corrected chi connectivity index (χ1v) is 4.28. The third kappa shape index (κ3) is 5.89. The van der Waals surface area contributed by atoms with Gasteiger partial charge in [0.15, 0.2) is 12.4 Å². The SMILES string of the molecule is CCCC[n+]1ccc(C)cc1.Cl.[Cl-]. The number of unbranched alkanes of at least 4 members (excludes halogenated alkanes) is 1. The Morgan fingerprint density at radius 2 is 1.77 bits per heavy atom. The van der Waals surface area contributed by atoms with E-state index >= 15 is 0 Å². The van der Waals surface area contributed by atoms with Crippen molar-refractivity contribution in [1.29, 1.82) is 0 Å². The Balaban J connectivity index is 0. The highest BCUT2D eigenvalue weighted by atomic mass is 35.5. The summed E-state index contributed by atoms with van der Waals surface area (Å²) >= 11 is 0. The molecular formula is C10H17Cl2N. The smallest absolute Gasteiger partial charge is 0.169 e. The van der Waals surface area contributed by atoms with Crippen molar-refractivity contribution in [2.75, 3.05) is 0 Å². The fraction of sp³-hybridized carbons (Fsp3) is 0.500. The summed E-state index contributed by atoms with van der Waals surface area (Å²) in [5, 5.41) is 0. The van der Waals surface area contributed by atoms with Crippen molar-refractivity contribution in [2.45, 2.75) is 33.2 Å². The molecule has 0 atom stereocenters. The van der Waals surface area contributed by atoms with Gasteiger partial charge in [-0.1, -0.05) is 13.3 Å². The van der Waals surface area contributed by atoms with Crippen LogP contribution in [0.4, 0.5) is 0 Å². The van der Waals surface area contributed by atoms with Crippen LogP contribution in [0.15, 0.2) is 24.5 Å². The van der Waals surface area contributed by atoms with E-state index in [-0.39, 0.29) is 24.8 Å². The Morgan fingerprint density at radius 1 is 1.23 bits per heavy atom. The maximum Gasteiger partial charge on any atom is 0.169 e. The van der Waals surface area contributed by atoms with E-state index in [1.54, 1.807) is 0 Å². The van der Waals surface area contributed by atoms with Crippen LogP contribution in [-0.4, -0.2) is 0 Å². The molecule has 1 aromatic heterocycles. The minimum Gasteiger partial charge on any atom is -1.00 e. The fourth-order valence-corrected chi connectivity index (χ4v) is 1.02. The van der Waals surface area contributed by atoms with E-state index in [0.717, 1.165) is 6.54 Å². The zero-order valence-corrected chi connectivity index (χ0v) is 9.74. The highest BCUT2D eigenvalue weighted by Gasteiger charge is 1.95. The van der Waals surface area contributed by atoms with Gasteiger partial charge in [0.05, 0.1) is 0 Å². The average Bonchev–Trinajstić information content (AvgIpc) is 2.04. The number of nitrogens with zero attached hydrogens (tertiary/aromatic N) is 1. The van der Waals surface area contributed by atoms with Crippen LogP contribution in [0.5, 0.6) is 0 Å². The topological polar surface area (TPSA) is 3.88 Å². The van der Waals surface area contributed by atoms with Gasteiger partial charge in [-0.15, -0.1) is 12.4 Å². The van der Waals surface area contributed by atoms with Crippen molar-refractivity contribution in [1.82, 2.24) is 0 Å². The number of hydrogen-bond acceptors (Lipinski definition) is 0. The third-order valence-corrected chi connectivity index (χ3v) is 1.83. The molecule has 0 aliphatic carbocycles. The number of halogens is 2. The van der Waals surface area contributed by atoms with Crippen molar-refractivity contribution in [3.05, 3.63) is 30.1 Å². The third-order valence-electron chi connectivity index (χ3n) is 1.83. The molecule has 1 aromatic rings. The van der Waals surface area contributed by atoms with Crippen LogP contribution in [0, 0.1) is 6.92 Å². The molecule has 1 heterocycles. The number of aryl methyl sites for hydroxylation is 2. The van der Waals surface area contributed by atoms with E-state index in [4.69, 9.17) is 0 Å². The molecule has 1 nitrogen and oxygen atoms in total. The Bertz CT molecular complexity index is 209. The van der Waals surface area contributed by atoms with Gasteiger partial charge in [-0.2, -0.15) is 0 Å². The van der Waals surface area contributed by atoms with Crippen LogP contribution < -0.4 is 17.0 Å². The molecule has 13 heavy (non-hydrogen) atoms. The van der Waals surface area contributed by atoms with Crippen LogP contribution in [0.3, 0.4) is 0 Å². The van der Waals surface area contributed by atoms with E-state index < -0.39 is 0 Å². The maximum atomic E-state index is 2.23. The first-order valence-electron chi connectivity index (χ1n) is 4.28. The van der Waals surface area contributed by atoms with Gasteiger partial charge in [-0.25, -0.2) is 4.57 Å². The minimum absolute atomic E-state index is 0. The molecule has 0 N–H and O–H groups in total. The monoisotopic (exact) mass is 221 g/mol. The fourth-order valence-electron chi connectivity index (χ4n) is 1.02. The molecule has 3 heteroatoms. The van der Waals surface area contributed by atoms with Crippen molar-refractivity contribution in [3.8, 4) is 0 Å². The lowest BCUT2D eigenvalue weighted by atomic mass is 10.3. The molecule has 76 valence electrons. The van der Waals surface area contributed by atoms with Gasteiger partial charge < -0.3 is 12.4 Å². The minimum atomic E-state index is 0. The molecular weight excluding hydrogens is 205 g/mol. The van der Waals surface area contributed by atoms with Crippen LogP contribution >= 0.6 is 12.4 Å². The maximum absolute atomic E-state index is 2.23. The van der Waals surface area contributed by atoms with Gasteiger partial charge in [0, 0.05) is 18.6 Å². The largest absolute Gasteiger partial charge is 1.00 e. The summed E-state index contributed by atoms with van der Waals surface area (Å²) in [7, 11) is 0. The zero-order valence-electron chi connectivity index (χ0n) is 8.16. The summed E-state index contributed by atoms with van der Waals surface area (Å²) in [6.45, 7) is 5.48. The van der Waals surface area contributed by atoms with Crippen molar-refractivity contribution >= 4 is 12.4 Å². The van der Waals surface area contributed by atoms with Crippen LogP contribution in [-0.2, 0) is 6.54 Å². The average molecular weight is 222 g/mol. The molecule has 0 saturated carbocycles. The standard InChI is InChI=1S/C10H16N.2ClH/c1-3-4-7-11-8-5-10(2)6-9-11;;/h5-6,8-9H,3-4,7H2,1-2H3;2*1H/q+1;;/p-1. The summed E-state index contributed by atoms with van der Waals surface area (Å²) in [6.07, 6.45) is 6.82. The Hall–Kier alpha value is -0.270. The quantitative estimate of drug-likeness (QED) is 0.607. The number of hydrogen-bond donors (Lipinski definition) is 0. The van der Waals surface area contributed by atoms with E-state index in [9.17, 15) is 0 Å².